The number of para-hydroxylation sites is 2. The smallest absolute Gasteiger partial charge is 0.238 e. The molecule has 0 spiro atoms. The average molecular weight is 247 g/mol. The highest BCUT2D eigenvalue weighted by molar-refractivity contribution is 5.88. The molecule has 0 N–H and O–H groups in total. The Bertz CT molecular complexity index is 749. The van der Waals surface area contributed by atoms with Gasteiger partial charge in [-0.3, -0.25) is 4.98 Å². The molecule has 2 aromatic heterocycles. The quantitative estimate of drug-likeness (QED) is 0.652. The molecule has 2 heterocycles. The molecule has 90 valence electrons. The van der Waals surface area contributed by atoms with E-state index in [1.54, 1.807) is 18.5 Å². The van der Waals surface area contributed by atoms with Crippen LogP contribution in [0.25, 0.3) is 22.7 Å². The summed E-state index contributed by atoms with van der Waals surface area (Å²) in [6.45, 7) is 0. The van der Waals surface area contributed by atoms with E-state index in [1.807, 2.05) is 36.4 Å². The number of fused-ring (bicyclic) bond motifs is 1. The van der Waals surface area contributed by atoms with Crippen molar-refractivity contribution in [3.63, 3.8) is 0 Å². The van der Waals surface area contributed by atoms with E-state index in [1.165, 1.54) is 0 Å². The fraction of sp³-hybridized carbons (Fsp3) is 0. The molecule has 0 saturated heterocycles. The van der Waals surface area contributed by atoms with Crippen molar-refractivity contribution < 1.29 is 4.42 Å². The summed E-state index contributed by atoms with van der Waals surface area (Å²) in [6, 6.07) is 13.2. The summed E-state index contributed by atoms with van der Waals surface area (Å²) in [5.41, 5.74) is 2.69. The average Bonchev–Trinajstić information content (AvgIpc) is 2.89. The number of hydrogen-bond acceptors (Lipinski definition) is 4. The third-order valence-electron chi connectivity index (χ3n) is 2.66. The van der Waals surface area contributed by atoms with Crippen LogP contribution in [0.3, 0.4) is 0 Å². The van der Waals surface area contributed by atoms with Gasteiger partial charge in [0.1, 0.15) is 17.2 Å². The van der Waals surface area contributed by atoms with Crippen LogP contribution in [-0.2, 0) is 0 Å². The van der Waals surface area contributed by atoms with Crippen LogP contribution >= 0.6 is 0 Å². The van der Waals surface area contributed by atoms with Crippen LogP contribution in [0.4, 0.5) is 0 Å². The van der Waals surface area contributed by atoms with Gasteiger partial charge in [0.25, 0.3) is 0 Å². The number of hydrogen-bond donors (Lipinski definition) is 0. The summed E-state index contributed by atoms with van der Waals surface area (Å²) in [7, 11) is 0. The highest BCUT2D eigenvalue weighted by Gasteiger charge is 2.10. The molecule has 0 aliphatic rings. The molecule has 0 saturated carbocycles. The minimum absolute atomic E-state index is 0.334. The highest BCUT2D eigenvalue weighted by Crippen LogP contribution is 2.22. The first-order valence-electron chi connectivity index (χ1n) is 5.74. The number of rotatable bonds is 2. The lowest BCUT2D eigenvalue weighted by Gasteiger charge is -1.93. The lowest BCUT2D eigenvalue weighted by atomic mass is 10.2. The Morgan fingerprint density at radius 3 is 2.68 bits per heavy atom. The Kier molecular flexibility index (Phi) is 2.79. The number of benzene rings is 1. The number of allylic oxidation sites excluding steroid dienone is 1. The zero-order valence-corrected chi connectivity index (χ0v) is 9.95. The van der Waals surface area contributed by atoms with Crippen LogP contribution in [0.2, 0.25) is 0 Å². The fourth-order valence-corrected chi connectivity index (χ4v) is 1.76. The van der Waals surface area contributed by atoms with Gasteiger partial charge in [0, 0.05) is 12.4 Å². The van der Waals surface area contributed by atoms with Gasteiger partial charge in [-0.1, -0.05) is 12.1 Å². The van der Waals surface area contributed by atoms with Crippen molar-refractivity contribution in [1.82, 2.24) is 9.97 Å². The van der Waals surface area contributed by atoms with E-state index in [0.717, 1.165) is 11.1 Å². The van der Waals surface area contributed by atoms with Crippen molar-refractivity contribution in [3.05, 3.63) is 60.2 Å². The minimum Gasteiger partial charge on any atom is -0.435 e. The Labute approximate surface area is 109 Å². The summed E-state index contributed by atoms with van der Waals surface area (Å²) in [4.78, 5) is 8.24. The molecule has 3 aromatic rings. The molecule has 0 bridgehead atoms. The monoisotopic (exact) mass is 247 g/mol. The first kappa shape index (κ1) is 11.2. The van der Waals surface area contributed by atoms with Crippen molar-refractivity contribution in [2.24, 2.45) is 0 Å². The molecule has 4 heteroatoms. The van der Waals surface area contributed by atoms with E-state index < -0.39 is 0 Å². The minimum atomic E-state index is 0.334. The molecule has 0 fully saturated rings. The van der Waals surface area contributed by atoms with Crippen molar-refractivity contribution in [1.29, 1.82) is 5.26 Å². The Morgan fingerprint density at radius 2 is 1.95 bits per heavy atom. The zero-order chi connectivity index (χ0) is 13.1. The lowest BCUT2D eigenvalue weighted by Crippen LogP contribution is -1.82. The number of nitriles is 1. The van der Waals surface area contributed by atoms with E-state index >= 15 is 0 Å². The second-order valence-corrected chi connectivity index (χ2v) is 3.94. The van der Waals surface area contributed by atoms with E-state index in [2.05, 4.69) is 16.0 Å². The molecule has 1 aromatic carbocycles. The van der Waals surface area contributed by atoms with Crippen LogP contribution in [0.15, 0.2) is 53.2 Å². The Morgan fingerprint density at radius 1 is 1.16 bits per heavy atom. The van der Waals surface area contributed by atoms with E-state index in [-0.39, 0.29) is 0 Å². The molecule has 0 unspecified atom stereocenters. The third-order valence-corrected chi connectivity index (χ3v) is 2.66. The van der Waals surface area contributed by atoms with Gasteiger partial charge in [-0.15, -0.1) is 0 Å². The second-order valence-electron chi connectivity index (χ2n) is 3.94. The van der Waals surface area contributed by atoms with Crippen LogP contribution < -0.4 is 0 Å². The first-order chi connectivity index (χ1) is 9.36. The number of nitrogens with zero attached hydrogens (tertiary/aromatic N) is 3. The predicted octanol–water partition coefficient (Wildman–Crippen LogP) is 3.29. The van der Waals surface area contributed by atoms with Crippen LogP contribution in [0, 0.1) is 11.3 Å². The van der Waals surface area contributed by atoms with Gasteiger partial charge in [0.2, 0.25) is 5.89 Å². The normalized spacial score (nSPS) is 11.4. The largest absolute Gasteiger partial charge is 0.435 e. The van der Waals surface area contributed by atoms with Gasteiger partial charge in [0.15, 0.2) is 5.58 Å². The Balaban J connectivity index is 2.08. The molecule has 0 aliphatic carbocycles. The van der Waals surface area contributed by atoms with Crippen molar-refractivity contribution in [2.45, 2.75) is 0 Å². The standard InChI is InChI=1S/C15H9N3O/c16-10-12(9-11-5-7-17-8-6-11)15-18-13-3-1-2-4-14(13)19-15/h1-9H. The Hall–Kier alpha value is -2.93. The third kappa shape index (κ3) is 2.22. The predicted molar refractivity (Wildman–Crippen MR) is 71.7 cm³/mol. The van der Waals surface area contributed by atoms with E-state index in [0.29, 0.717) is 17.0 Å². The summed E-state index contributed by atoms with van der Waals surface area (Å²) in [5.74, 6) is 0.334. The summed E-state index contributed by atoms with van der Waals surface area (Å²) in [6.07, 6.45) is 5.08. The molecular formula is C15H9N3O. The SMILES string of the molecule is N#CC(=Cc1ccncc1)c1nc2ccccc2o1. The maximum atomic E-state index is 9.23. The van der Waals surface area contributed by atoms with Gasteiger partial charge in [-0.2, -0.15) is 5.26 Å². The van der Waals surface area contributed by atoms with Gasteiger partial charge >= 0.3 is 0 Å². The maximum absolute atomic E-state index is 9.23. The van der Waals surface area contributed by atoms with Gasteiger partial charge in [-0.05, 0) is 35.9 Å². The van der Waals surface area contributed by atoms with Crippen molar-refractivity contribution >= 4 is 22.7 Å². The van der Waals surface area contributed by atoms with Crippen LogP contribution in [0.1, 0.15) is 11.5 Å². The second kappa shape index (κ2) is 4.75. The number of pyridine rings is 1. The van der Waals surface area contributed by atoms with Crippen molar-refractivity contribution in [2.75, 3.05) is 0 Å². The molecule has 0 aliphatic heterocycles. The number of oxazole rings is 1. The number of aromatic nitrogens is 2. The molecule has 19 heavy (non-hydrogen) atoms. The molecule has 0 radical (unpaired) electrons. The summed E-state index contributed by atoms with van der Waals surface area (Å²) in [5, 5.41) is 9.23. The highest BCUT2D eigenvalue weighted by atomic mass is 16.3. The van der Waals surface area contributed by atoms with E-state index in [9.17, 15) is 5.26 Å². The topological polar surface area (TPSA) is 62.7 Å². The van der Waals surface area contributed by atoms with Crippen LogP contribution in [0.5, 0.6) is 0 Å². The zero-order valence-electron chi connectivity index (χ0n) is 9.95. The fourth-order valence-electron chi connectivity index (χ4n) is 1.76. The molecular weight excluding hydrogens is 238 g/mol. The van der Waals surface area contributed by atoms with Crippen LogP contribution in [-0.4, -0.2) is 9.97 Å². The molecule has 0 atom stereocenters. The van der Waals surface area contributed by atoms with Crippen molar-refractivity contribution in [3.8, 4) is 6.07 Å². The van der Waals surface area contributed by atoms with Gasteiger partial charge in [-0.25, -0.2) is 4.98 Å². The maximum Gasteiger partial charge on any atom is 0.238 e. The summed E-state index contributed by atoms with van der Waals surface area (Å²) >= 11 is 0. The molecule has 0 amide bonds. The lowest BCUT2D eigenvalue weighted by molar-refractivity contribution is 0.586. The first-order valence-corrected chi connectivity index (χ1v) is 5.74. The molecule has 3 rings (SSSR count). The van der Waals surface area contributed by atoms with Gasteiger partial charge in [0.05, 0.1) is 0 Å². The summed E-state index contributed by atoms with van der Waals surface area (Å²) < 4.78 is 5.58. The molecule has 4 nitrogen and oxygen atoms in total. The van der Waals surface area contributed by atoms with E-state index in [4.69, 9.17) is 4.42 Å². The van der Waals surface area contributed by atoms with Gasteiger partial charge < -0.3 is 4.42 Å².